The zero-order valence-corrected chi connectivity index (χ0v) is 13.2. The lowest BCUT2D eigenvalue weighted by molar-refractivity contribution is -0.120. The van der Waals surface area contributed by atoms with Crippen molar-refractivity contribution in [3.05, 3.63) is 29.8 Å². The van der Waals surface area contributed by atoms with Crippen LogP contribution in [0.1, 0.15) is 38.1 Å². The number of rotatable bonds is 4. The number of carbonyl (C=O) groups is 3. The molecule has 1 unspecified atom stereocenters. The highest BCUT2D eigenvalue weighted by Crippen LogP contribution is 2.11. The summed E-state index contributed by atoms with van der Waals surface area (Å²) in [6.07, 6.45) is 0. The van der Waals surface area contributed by atoms with Crippen molar-refractivity contribution in [1.29, 1.82) is 0 Å². The van der Waals surface area contributed by atoms with E-state index in [-0.39, 0.29) is 0 Å². The SMILES string of the molecule is CC(Nc1cccc(C(N)=O)c1)C(=O)NC(=O)NC(C)(C)C. The second kappa shape index (κ2) is 6.93. The van der Waals surface area contributed by atoms with Crippen molar-refractivity contribution in [1.82, 2.24) is 10.6 Å². The molecule has 0 saturated heterocycles. The molecule has 0 aliphatic heterocycles. The number of urea groups is 1. The van der Waals surface area contributed by atoms with Crippen molar-refractivity contribution in [2.45, 2.75) is 39.3 Å². The lowest BCUT2D eigenvalue weighted by Gasteiger charge is -2.21. The van der Waals surface area contributed by atoms with Gasteiger partial charge in [0.15, 0.2) is 0 Å². The second-order valence-electron chi connectivity index (χ2n) is 6.00. The van der Waals surface area contributed by atoms with Gasteiger partial charge in [-0.25, -0.2) is 4.79 Å². The number of carbonyl (C=O) groups excluding carboxylic acids is 3. The van der Waals surface area contributed by atoms with E-state index in [4.69, 9.17) is 5.73 Å². The molecule has 1 aromatic rings. The number of nitrogens with two attached hydrogens (primary N) is 1. The molecule has 22 heavy (non-hydrogen) atoms. The summed E-state index contributed by atoms with van der Waals surface area (Å²) < 4.78 is 0. The van der Waals surface area contributed by atoms with Gasteiger partial charge in [-0.05, 0) is 45.9 Å². The van der Waals surface area contributed by atoms with Gasteiger partial charge in [0.25, 0.3) is 0 Å². The van der Waals surface area contributed by atoms with Crippen molar-refractivity contribution >= 4 is 23.5 Å². The summed E-state index contributed by atoms with van der Waals surface area (Å²) in [5.41, 5.74) is 5.67. The molecule has 0 radical (unpaired) electrons. The number of hydrogen-bond donors (Lipinski definition) is 4. The molecule has 120 valence electrons. The maximum Gasteiger partial charge on any atom is 0.321 e. The Labute approximate surface area is 129 Å². The van der Waals surface area contributed by atoms with E-state index in [9.17, 15) is 14.4 Å². The van der Waals surface area contributed by atoms with Crippen LogP contribution in [-0.4, -0.2) is 29.4 Å². The summed E-state index contributed by atoms with van der Waals surface area (Å²) in [6.45, 7) is 7.05. The maximum atomic E-state index is 11.9. The quantitative estimate of drug-likeness (QED) is 0.669. The number of hydrogen-bond acceptors (Lipinski definition) is 4. The first-order valence-electron chi connectivity index (χ1n) is 6.88. The zero-order valence-electron chi connectivity index (χ0n) is 13.2. The largest absolute Gasteiger partial charge is 0.374 e. The Morgan fingerprint density at radius 3 is 2.36 bits per heavy atom. The summed E-state index contributed by atoms with van der Waals surface area (Å²) in [5.74, 6) is -1.03. The highest BCUT2D eigenvalue weighted by molar-refractivity contribution is 5.98. The summed E-state index contributed by atoms with van der Waals surface area (Å²) >= 11 is 0. The lowest BCUT2D eigenvalue weighted by Crippen LogP contribution is -2.51. The van der Waals surface area contributed by atoms with Crippen LogP contribution in [0.5, 0.6) is 0 Å². The second-order valence-corrected chi connectivity index (χ2v) is 6.00. The van der Waals surface area contributed by atoms with Gasteiger partial charge in [-0.3, -0.25) is 14.9 Å². The Morgan fingerprint density at radius 2 is 1.82 bits per heavy atom. The summed E-state index contributed by atoms with van der Waals surface area (Å²) in [7, 11) is 0. The fourth-order valence-electron chi connectivity index (χ4n) is 1.67. The van der Waals surface area contributed by atoms with Gasteiger partial charge in [0.1, 0.15) is 6.04 Å². The smallest absolute Gasteiger partial charge is 0.321 e. The van der Waals surface area contributed by atoms with Crippen LogP contribution in [0.15, 0.2) is 24.3 Å². The predicted molar refractivity (Wildman–Crippen MR) is 84.5 cm³/mol. The molecule has 7 nitrogen and oxygen atoms in total. The Balaban J connectivity index is 2.63. The summed E-state index contributed by atoms with van der Waals surface area (Å²) in [5, 5.41) is 7.79. The maximum absolute atomic E-state index is 11.9. The molecule has 0 heterocycles. The normalized spacial score (nSPS) is 12.2. The number of anilines is 1. The fourth-order valence-corrected chi connectivity index (χ4v) is 1.67. The zero-order chi connectivity index (χ0) is 16.9. The molecule has 1 rings (SSSR count). The molecule has 0 bridgehead atoms. The van der Waals surface area contributed by atoms with Gasteiger partial charge in [0, 0.05) is 16.8 Å². The van der Waals surface area contributed by atoms with Crippen molar-refractivity contribution < 1.29 is 14.4 Å². The van der Waals surface area contributed by atoms with Gasteiger partial charge in [0.05, 0.1) is 0 Å². The molecule has 0 spiro atoms. The van der Waals surface area contributed by atoms with Gasteiger partial charge in [-0.2, -0.15) is 0 Å². The molecular weight excluding hydrogens is 284 g/mol. The van der Waals surface area contributed by atoms with Crippen LogP contribution in [0.2, 0.25) is 0 Å². The van der Waals surface area contributed by atoms with E-state index in [0.29, 0.717) is 11.3 Å². The fraction of sp³-hybridized carbons (Fsp3) is 0.400. The van der Waals surface area contributed by atoms with E-state index >= 15 is 0 Å². The third-order valence-corrected chi connectivity index (χ3v) is 2.65. The molecule has 0 aliphatic carbocycles. The number of nitrogens with one attached hydrogen (secondary N) is 3. The number of benzene rings is 1. The van der Waals surface area contributed by atoms with Gasteiger partial charge in [-0.1, -0.05) is 6.07 Å². The standard InChI is InChI=1S/C15H22N4O3/c1-9(13(21)18-14(22)19-15(2,3)4)17-11-7-5-6-10(8-11)12(16)20/h5-9,17H,1-4H3,(H2,16,20)(H2,18,19,21,22). The highest BCUT2D eigenvalue weighted by atomic mass is 16.2. The first-order chi connectivity index (χ1) is 10.1. The van der Waals surface area contributed by atoms with E-state index in [1.54, 1.807) is 31.2 Å². The van der Waals surface area contributed by atoms with Crippen molar-refractivity contribution in [3.63, 3.8) is 0 Å². The Hall–Kier alpha value is -2.57. The predicted octanol–water partition coefficient (Wildman–Crippen LogP) is 1.21. The average molecular weight is 306 g/mol. The van der Waals surface area contributed by atoms with Crippen molar-refractivity contribution in [2.24, 2.45) is 5.73 Å². The van der Waals surface area contributed by atoms with Crippen LogP contribution < -0.4 is 21.7 Å². The minimum Gasteiger partial charge on any atom is -0.374 e. The van der Waals surface area contributed by atoms with Crippen LogP contribution in [0.25, 0.3) is 0 Å². The molecule has 1 atom stereocenters. The number of amides is 4. The molecule has 0 saturated carbocycles. The summed E-state index contributed by atoms with van der Waals surface area (Å²) in [4.78, 5) is 34.7. The van der Waals surface area contributed by atoms with E-state index in [1.807, 2.05) is 20.8 Å². The minimum absolute atomic E-state index is 0.336. The van der Waals surface area contributed by atoms with Crippen LogP contribution >= 0.6 is 0 Å². The third-order valence-electron chi connectivity index (χ3n) is 2.65. The Bertz CT molecular complexity index is 578. The van der Waals surface area contributed by atoms with Crippen LogP contribution in [0.4, 0.5) is 10.5 Å². The van der Waals surface area contributed by atoms with Crippen molar-refractivity contribution in [2.75, 3.05) is 5.32 Å². The van der Waals surface area contributed by atoms with Crippen LogP contribution in [0, 0.1) is 0 Å². The summed E-state index contributed by atoms with van der Waals surface area (Å²) in [6, 6.07) is 5.26. The van der Waals surface area contributed by atoms with E-state index in [0.717, 1.165) is 0 Å². The minimum atomic E-state index is -0.658. The van der Waals surface area contributed by atoms with E-state index in [1.165, 1.54) is 0 Å². The Morgan fingerprint density at radius 1 is 1.18 bits per heavy atom. The van der Waals surface area contributed by atoms with Crippen LogP contribution in [0.3, 0.4) is 0 Å². The molecule has 5 N–H and O–H groups in total. The van der Waals surface area contributed by atoms with Gasteiger partial charge < -0.3 is 16.4 Å². The third kappa shape index (κ3) is 5.82. The topological polar surface area (TPSA) is 113 Å². The molecule has 4 amide bonds. The molecule has 0 aliphatic rings. The lowest BCUT2D eigenvalue weighted by atomic mass is 10.1. The molecule has 7 heteroatoms. The molecule has 1 aromatic carbocycles. The molecular formula is C15H22N4O3. The van der Waals surface area contributed by atoms with Gasteiger partial charge in [-0.15, -0.1) is 0 Å². The first kappa shape index (κ1) is 17.5. The highest BCUT2D eigenvalue weighted by Gasteiger charge is 2.19. The number of primary amides is 1. The van der Waals surface area contributed by atoms with E-state index < -0.39 is 29.4 Å². The monoisotopic (exact) mass is 306 g/mol. The molecule has 0 aromatic heterocycles. The first-order valence-corrected chi connectivity index (χ1v) is 6.88. The van der Waals surface area contributed by atoms with Gasteiger partial charge >= 0.3 is 6.03 Å². The Kier molecular flexibility index (Phi) is 5.50. The number of imide groups is 1. The van der Waals surface area contributed by atoms with Crippen LogP contribution in [-0.2, 0) is 4.79 Å². The molecule has 0 fully saturated rings. The van der Waals surface area contributed by atoms with Crippen molar-refractivity contribution in [3.8, 4) is 0 Å². The average Bonchev–Trinajstić information content (AvgIpc) is 2.36. The van der Waals surface area contributed by atoms with Gasteiger partial charge in [0.2, 0.25) is 11.8 Å². The van der Waals surface area contributed by atoms with E-state index in [2.05, 4.69) is 16.0 Å².